The van der Waals surface area contributed by atoms with Crippen LogP contribution in [0.25, 0.3) is 0 Å². The first-order valence-corrected chi connectivity index (χ1v) is 12.5. The lowest BCUT2D eigenvalue weighted by Crippen LogP contribution is -2.59. The van der Waals surface area contributed by atoms with Gasteiger partial charge in [-0.05, 0) is 38.1 Å². The number of nitro groups is 1. The van der Waals surface area contributed by atoms with Crippen molar-refractivity contribution in [3.05, 3.63) is 63.2 Å². The van der Waals surface area contributed by atoms with Gasteiger partial charge in [0.1, 0.15) is 12.2 Å². The number of non-ortho nitro benzene ring substituents is 1. The van der Waals surface area contributed by atoms with Crippen molar-refractivity contribution in [2.75, 3.05) is 0 Å². The lowest BCUT2D eigenvalue weighted by Gasteiger charge is -2.42. The number of ether oxygens (including phenoxy) is 4. The SMILES string of the molecule is CC(=O)C1CC2=C(C(=O)C=CC2=O)C(O[C@H]2C[C@H](NC(=O)C(F)(F)F)[C@H](OC(=O)c3ccc([N+](=O)[O-])cc3)[C@H](C)O2)O1. The molecule has 3 aliphatic rings. The number of benzene rings is 1. The first kappa shape index (κ1) is 30.7. The third-order valence-corrected chi connectivity index (χ3v) is 6.72. The molecule has 1 saturated heterocycles. The molecule has 0 radical (unpaired) electrons. The highest BCUT2D eigenvalue weighted by atomic mass is 19.4. The highest BCUT2D eigenvalue weighted by Gasteiger charge is 2.48. The van der Waals surface area contributed by atoms with Crippen molar-refractivity contribution in [1.29, 1.82) is 0 Å². The van der Waals surface area contributed by atoms with E-state index in [-0.39, 0.29) is 28.8 Å². The first-order valence-electron chi connectivity index (χ1n) is 12.5. The standard InChI is InChI=1S/C26H23F3N2O11/c1-11(32)19-9-15-17(33)7-8-18(34)21(15)24(40-19)41-20-10-16(30-25(36)26(27,28)29)22(12(2)39-20)42-23(35)13-3-5-14(6-4-13)31(37)38/h3-8,12,16,19-20,22,24H,9-10H2,1-2H3,(H,30,36)/t12-,16-,19?,20-,22+,24?/m0/s1. The number of rotatable bonds is 7. The highest BCUT2D eigenvalue weighted by Crippen LogP contribution is 2.34. The zero-order chi connectivity index (χ0) is 30.9. The van der Waals surface area contributed by atoms with Crippen LogP contribution in [0.1, 0.15) is 37.0 Å². The Balaban J connectivity index is 1.57. The van der Waals surface area contributed by atoms with Gasteiger partial charge in [-0.15, -0.1) is 0 Å². The van der Waals surface area contributed by atoms with Gasteiger partial charge in [0.05, 0.1) is 28.2 Å². The molecule has 2 unspecified atom stereocenters. The van der Waals surface area contributed by atoms with Crippen LogP contribution >= 0.6 is 0 Å². The Bertz CT molecular complexity index is 1390. The van der Waals surface area contributed by atoms with Gasteiger partial charge in [-0.3, -0.25) is 29.3 Å². The van der Waals surface area contributed by atoms with Gasteiger partial charge in [0.25, 0.3) is 5.69 Å². The molecular weight excluding hydrogens is 573 g/mol. The van der Waals surface area contributed by atoms with Gasteiger partial charge in [-0.2, -0.15) is 13.2 Å². The Morgan fingerprint density at radius 2 is 1.71 bits per heavy atom. The number of hydrogen-bond donors (Lipinski definition) is 1. The van der Waals surface area contributed by atoms with E-state index in [1.165, 1.54) is 13.8 Å². The molecular formula is C26H23F3N2O11. The minimum absolute atomic E-state index is 0.0142. The number of halogens is 3. The number of allylic oxidation sites excluding steroid dienone is 2. The van der Waals surface area contributed by atoms with Gasteiger partial charge in [0.15, 0.2) is 29.9 Å². The smallest absolute Gasteiger partial charge is 0.454 e. The molecule has 16 heteroatoms. The van der Waals surface area contributed by atoms with Crippen LogP contribution in [-0.4, -0.2) is 77.3 Å². The van der Waals surface area contributed by atoms with E-state index in [9.17, 15) is 47.3 Å². The van der Waals surface area contributed by atoms with Crippen molar-refractivity contribution in [3.63, 3.8) is 0 Å². The van der Waals surface area contributed by atoms with Gasteiger partial charge in [0.2, 0.25) is 0 Å². The molecule has 2 aliphatic heterocycles. The third-order valence-electron chi connectivity index (χ3n) is 6.72. The average molecular weight is 596 g/mol. The lowest BCUT2D eigenvalue weighted by atomic mass is 9.87. The van der Waals surface area contributed by atoms with E-state index in [2.05, 4.69) is 0 Å². The Kier molecular flexibility index (Phi) is 8.70. The molecule has 0 bridgehead atoms. The average Bonchev–Trinajstić information content (AvgIpc) is 2.91. The number of nitro benzene ring substituents is 1. The van der Waals surface area contributed by atoms with Crippen molar-refractivity contribution in [2.24, 2.45) is 0 Å². The highest BCUT2D eigenvalue weighted by molar-refractivity contribution is 6.20. The number of esters is 1. The zero-order valence-corrected chi connectivity index (χ0v) is 21.9. The molecule has 13 nitrogen and oxygen atoms in total. The van der Waals surface area contributed by atoms with Crippen LogP contribution in [0.3, 0.4) is 0 Å². The van der Waals surface area contributed by atoms with Crippen LogP contribution < -0.4 is 5.32 Å². The second kappa shape index (κ2) is 11.9. The van der Waals surface area contributed by atoms with E-state index in [1.54, 1.807) is 5.32 Å². The fourth-order valence-electron chi connectivity index (χ4n) is 4.63. The van der Waals surface area contributed by atoms with Gasteiger partial charge >= 0.3 is 18.1 Å². The molecule has 1 amide bonds. The monoisotopic (exact) mass is 596 g/mol. The maximum Gasteiger partial charge on any atom is 0.471 e. The lowest BCUT2D eigenvalue weighted by molar-refractivity contribution is -0.384. The molecule has 4 rings (SSSR count). The van der Waals surface area contributed by atoms with Gasteiger partial charge in [0, 0.05) is 30.5 Å². The molecule has 6 atom stereocenters. The molecule has 1 aromatic rings. The maximum atomic E-state index is 13.1. The summed E-state index contributed by atoms with van der Waals surface area (Å²) < 4.78 is 61.8. The molecule has 1 fully saturated rings. The second-order valence-electron chi connectivity index (χ2n) is 9.62. The Hall–Kier alpha value is -4.28. The quantitative estimate of drug-likeness (QED) is 0.211. The summed E-state index contributed by atoms with van der Waals surface area (Å²) in [7, 11) is 0. The number of carbonyl (C=O) groups is 5. The summed E-state index contributed by atoms with van der Waals surface area (Å²) in [6.45, 7) is 2.52. The van der Waals surface area contributed by atoms with E-state index in [0.29, 0.717) is 0 Å². The number of amides is 1. The number of ketones is 3. The maximum absolute atomic E-state index is 13.1. The van der Waals surface area contributed by atoms with Crippen molar-refractivity contribution in [1.82, 2.24) is 5.32 Å². The van der Waals surface area contributed by atoms with Gasteiger partial charge in [-0.1, -0.05) is 0 Å². The van der Waals surface area contributed by atoms with Gasteiger partial charge in [-0.25, -0.2) is 4.79 Å². The van der Waals surface area contributed by atoms with Crippen LogP contribution in [0.4, 0.5) is 18.9 Å². The van der Waals surface area contributed by atoms with Crippen LogP contribution in [-0.2, 0) is 38.1 Å². The normalized spacial score (nSPS) is 27.7. The Morgan fingerprint density at radius 3 is 2.31 bits per heavy atom. The van der Waals surface area contributed by atoms with Gasteiger partial charge < -0.3 is 24.3 Å². The number of carbonyl (C=O) groups excluding carboxylic acids is 5. The van der Waals surface area contributed by atoms with E-state index in [4.69, 9.17) is 18.9 Å². The number of hydrogen-bond acceptors (Lipinski definition) is 11. The summed E-state index contributed by atoms with van der Waals surface area (Å²) in [5, 5.41) is 12.6. The van der Waals surface area contributed by atoms with Crippen molar-refractivity contribution >= 4 is 34.9 Å². The minimum Gasteiger partial charge on any atom is -0.454 e. The molecule has 42 heavy (non-hydrogen) atoms. The second-order valence-corrected chi connectivity index (χ2v) is 9.62. The molecule has 1 aromatic carbocycles. The number of alkyl halides is 3. The molecule has 2 heterocycles. The summed E-state index contributed by atoms with van der Waals surface area (Å²) in [4.78, 5) is 71.8. The summed E-state index contributed by atoms with van der Waals surface area (Å²) in [6.07, 6.45) is -11.0. The summed E-state index contributed by atoms with van der Waals surface area (Å²) in [5.41, 5.74) is -0.690. The largest absolute Gasteiger partial charge is 0.471 e. The molecule has 0 spiro atoms. The third kappa shape index (κ3) is 6.61. The van der Waals surface area contributed by atoms with Crippen LogP contribution in [0.15, 0.2) is 47.6 Å². The van der Waals surface area contributed by atoms with Crippen molar-refractivity contribution in [2.45, 2.75) is 69.8 Å². The van der Waals surface area contributed by atoms with E-state index in [1.807, 2.05) is 0 Å². The fraction of sp³-hybridized carbons (Fsp3) is 0.423. The summed E-state index contributed by atoms with van der Waals surface area (Å²) in [6, 6.07) is 2.67. The Morgan fingerprint density at radius 1 is 1.07 bits per heavy atom. The Labute approximate surface area is 234 Å². The van der Waals surface area contributed by atoms with Crippen LogP contribution in [0.5, 0.6) is 0 Å². The van der Waals surface area contributed by atoms with E-state index >= 15 is 0 Å². The van der Waals surface area contributed by atoms with Crippen LogP contribution in [0.2, 0.25) is 0 Å². The van der Waals surface area contributed by atoms with E-state index in [0.717, 1.165) is 36.4 Å². The van der Waals surface area contributed by atoms with Crippen molar-refractivity contribution < 1.29 is 61.0 Å². The summed E-state index contributed by atoms with van der Waals surface area (Å²) >= 11 is 0. The topological polar surface area (TPSA) is 177 Å². The number of Topliss-reactive ketones (excluding diaryl/α,β-unsaturated/α-hetero) is 1. The first-order chi connectivity index (χ1) is 19.6. The number of nitrogens with one attached hydrogen (secondary N) is 1. The predicted molar refractivity (Wildman–Crippen MR) is 130 cm³/mol. The van der Waals surface area contributed by atoms with Crippen LogP contribution in [0, 0.1) is 10.1 Å². The molecule has 0 aromatic heterocycles. The molecule has 0 saturated carbocycles. The van der Waals surface area contributed by atoms with E-state index < -0.39 is 83.7 Å². The number of nitrogens with zero attached hydrogens (tertiary/aromatic N) is 1. The molecule has 1 N–H and O–H groups in total. The zero-order valence-electron chi connectivity index (χ0n) is 21.9. The van der Waals surface area contributed by atoms with Crippen molar-refractivity contribution in [3.8, 4) is 0 Å². The fourth-order valence-corrected chi connectivity index (χ4v) is 4.63. The summed E-state index contributed by atoms with van der Waals surface area (Å²) in [5.74, 6) is -5.07. The molecule has 1 aliphatic carbocycles. The minimum atomic E-state index is -5.30. The predicted octanol–water partition coefficient (Wildman–Crippen LogP) is 2.03. The molecule has 224 valence electrons.